The molecule has 0 fully saturated rings. The van der Waals surface area contributed by atoms with Crippen molar-refractivity contribution in [3.05, 3.63) is 53.3 Å². The van der Waals surface area contributed by atoms with Crippen LogP contribution in [-0.2, 0) is 6.18 Å². The highest BCUT2D eigenvalue weighted by molar-refractivity contribution is 6.05. The maximum atomic E-state index is 13.6. The van der Waals surface area contributed by atoms with Gasteiger partial charge in [-0.05, 0) is 36.8 Å². The molecule has 2 aromatic heterocycles. The summed E-state index contributed by atoms with van der Waals surface area (Å²) in [6.45, 7) is 1.59. The molecule has 2 N–H and O–H groups in total. The van der Waals surface area contributed by atoms with Gasteiger partial charge in [0.1, 0.15) is 5.75 Å². The van der Waals surface area contributed by atoms with Gasteiger partial charge < -0.3 is 15.2 Å². The number of aromatic hydroxyl groups is 1. The van der Waals surface area contributed by atoms with Crippen molar-refractivity contribution in [2.75, 3.05) is 12.4 Å². The van der Waals surface area contributed by atoms with Crippen LogP contribution in [0.3, 0.4) is 0 Å². The van der Waals surface area contributed by atoms with Crippen LogP contribution in [0.25, 0.3) is 5.82 Å². The van der Waals surface area contributed by atoms with Gasteiger partial charge in [-0.15, -0.1) is 10.2 Å². The molecule has 0 bridgehead atoms. The van der Waals surface area contributed by atoms with Crippen molar-refractivity contribution in [2.24, 2.45) is 0 Å². The number of nitrogens with one attached hydrogen (secondary N) is 1. The van der Waals surface area contributed by atoms with Crippen LogP contribution in [0.15, 0.2) is 36.5 Å². The molecule has 0 saturated heterocycles. The fourth-order valence-electron chi connectivity index (χ4n) is 2.43. The van der Waals surface area contributed by atoms with Crippen molar-refractivity contribution >= 4 is 11.6 Å². The molecule has 0 saturated carbocycles. The third-order valence-electron chi connectivity index (χ3n) is 3.79. The molecule has 146 valence electrons. The maximum absolute atomic E-state index is 13.6. The SMILES string of the molecule is COc1ccc(-n2ncc(C(=O)Nc3ccc(O)c(C)c3)c2C(F)(F)F)nn1. The topological polar surface area (TPSA) is 102 Å². The summed E-state index contributed by atoms with van der Waals surface area (Å²) in [6, 6.07) is 6.68. The van der Waals surface area contributed by atoms with Crippen molar-refractivity contribution in [1.82, 2.24) is 20.0 Å². The molecule has 0 atom stereocenters. The van der Waals surface area contributed by atoms with E-state index < -0.39 is 23.3 Å². The lowest BCUT2D eigenvalue weighted by molar-refractivity contribution is -0.143. The number of hydrogen-bond donors (Lipinski definition) is 2. The van der Waals surface area contributed by atoms with E-state index in [0.29, 0.717) is 10.2 Å². The van der Waals surface area contributed by atoms with Crippen molar-refractivity contribution in [2.45, 2.75) is 13.1 Å². The van der Waals surface area contributed by atoms with Crippen LogP contribution in [0.4, 0.5) is 18.9 Å². The number of aromatic nitrogens is 4. The first kappa shape index (κ1) is 19.1. The third-order valence-corrected chi connectivity index (χ3v) is 3.79. The number of amides is 1. The molecular weight excluding hydrogens is 379 g/mol. The van der Waals surface area contributed by atoms with Crippen LogP contribution >= 0.6 is 0 Å². The number of hydrogen-bond acceptors (Lipinski definition) is 6. The molecule has 0 aliphatic rings. The molecule has 2 heterocycles. The van der Waals surface area contributed by atoms with Gasteiger partial charge in [-0.1, -0.05) is 0 Å². The average molecular weight is 393 g/mol. The summed E-state index contributed by atoms with van der Waals surface area (Å²) in [7, 11) is 1.34. The Morgan fingerprint density at radius 3 is 2.54 bits per heavy atom. The first-order chi connectivity index (χ1) is 13.2. The summed E-state index contributed by atoms with van der Waals surface area (Å²) in [5.74, 6) is -1.12. The van der Waals surface area contributed by atoms with Crippen LogP contribution in [-0.4, -0.2) is 38.1 Å². The van der Waals surface area contributed by atoms with Crippen LogP contribution in [0.2, 0.25) is 0 Å². The van der Waals surface area contributed by atoms with Crippen molar-refractivity contribution in [3.63, 3.8) is 0 Å². The number of alkyl halides is 3. The minimum Gasteiger partial charge on any atom is -0.508 e. The Balaban J connectivity index is 1.99. The van der Waals surface area contributed by atoms with Crippen molar-refractivity contribution in [3.8, 4) is 17.4 Å². The predicted octanol–water partition coefficient (Wildman–Crippen LogP) is 2.96. The molecule has 3 rings (SSSR count). The van der Waals surface area contributed by atoms with E-state index in [-0.39, 0.29) is 23.1 Å². The van der Waals surface area contributed by atoms with E-state index in [1.807, 2.05) is 0 Å². The number of carbonyl (C=O) groups is 1. The van der Waals surface area contributed by atoms with Gasteiger partial charge in [-0.25, -0.2) is 4.68 Å². The van der Waals surface area contributed by atoms with E-state index in [4.69, 9.17) is 4.74 Å². The molecule has 0 unspecified atom stereocenters. The van der Waals surface area contributed by atoms with E-state index in [1.165, 1.54) is 37.4 Å². The van der Waals surface area contributed by atoms with Gasteiger partial charge in [0.2, 0.25) is 5.88 Å². The number of phenolic OH excluding ortho intramolecular Hbond substituents is 1. The van der Waals surface area contributed by atoms with Gasteiger partial charge in [0, 0.05) is 11.8 Å². The number of carbonyl (C=O) groups excluding carboxylic acids is 1. The summed E-state index contributed by atoms with van der Waals surface area (Å²) in [4.78, 5) is 12.4. The highest BCUT2D eigenvalue weighted by atomic mass is 19.4. The fourth-order valence-corrected chi connectivity index (χ4v) is 2.43. The lowest BCUT2D eigenvalue weighted by Crippen LogP contribution is -2.21. The number of nitrogens with zero attached hydrogens (tertiary/aromatic N) is 4. The number of benzene rings is 1. The van der Waals surface area contributed by atoms with Crippen molar-refractivity contribution < 1.29 is 27.8 Å². The van der Waals surface area contributed by atoms with Crippen LogP contribution in [0.1, 0.15) is 21.6 Å². The third kappa shape index (κ3) is 3.72. The zero-order chi connectivity index (χ0) is 20.5. The first-order valence-corrected chi connectivity index (χ1v) is 7.85. The molecule has 8 nitrogen and oxygen atoms in total. The Kier molecular flexibility index (Phi) is 4.91. The average Bonchev–Trinajstić information content (AvgIpc) is 3.10. The van der Waals surface area contributed by atoms with Gasteiger partial charge in [0.05, 0.1) is 18.9 Å². The zero-order valence-electron chi connectivity index (χ0n) is 14.7. The van der Waals surface area contributed by atoms with E-state index >= 15 is 0 Å². The molecule has 11 heteroatoms. The maximum Gasteiger partial charge on any atom is 0.434 e. The molecule has 3 aromatic rings. The lowest BCUT2D eigenvalue weighted by atomic mass is 10.2. The molecule has 0 spiro atoms. The molecule has 0 aliphatic heterocycles. The van der Waals surface area contributed by atoms with Crippen molar-refractivity contribution in [1.29, 1.82) is 0 Å². The molecular formula is C17H14F3N5O3. The monoisotopic (exact) mass is 393 g/mol. The standard InChI is InChI=1S/C17H14F3N5O3/c1-9-7-10(3-4-12(9)26)22-16(27)11-8-21-25(15(11)17(18,19)20)13-5-6-14(28-2)24-23-13/h3-8,26H,1-2H3,(H,22,27). The van der Waals surface area contributed by atoms with Crippen LogP contribution in [0.5, 0.6) is 11.6 Å². The molecule has 28 heavy (non-hydrogen) atoms. The Morgan fingerprint density at radius 1 is 1.21 bits per heavy atom. The highest BCUT2D eigenvalue weighted by Crippen LogP contribution is 2.34. The summed E-state index contributed by atoms with van der Waals surface area (Å²) < 4.78 is 46.2. The minimum atomic E-state index is -4.88. The van der Waals surface area contributed by atoms with Gasteiger partial charge in [-0.3, -0.25) is 4.79 Å². The molecule has 1 aromatic carbocycles. The number of anilines is 1. The Hall–Kier alpha value is -3.63. The van der Waals surface area contributed by atoms with Crippen LogP contribution in [0, 0.1) is 6.92 Å². The van der Waals surface area contributed by atoms with Gasteiger partial charge in [0.25, 0.3) is 5.91 Å². The summed E-state index contributed by atoms with van der Waals surface area (Å²) in [5, 5.41) is 22.8. The lowest BCUT2D eigenvalue weighted by Gasteiger charge is -2.12. The predicted molar refractivity (Wildman–Crippen MR) is 91.5 cm³/mol. The minimum absolute atomic E-state index is 0.000112. The Bertz CT molecular complexity index is 1020. The Labute approximate surface area is 156 Å². The molecule has 1 amide bonds. The normalized spacial score (nSPS) is 11.3. The second kappa shape index (κ2) is 7.18. The summed E-state index contributed by atoms with van der Waals surface area (Å²) in [5.41, 5.74) is -1.29. The second-order valence-corrected chi connectivity index (χ2v) is 5.71. The molecule has 0 aliphatic carbocycles. The van der Waals surface area contributed by atoms with Gasteiger partial charge >= 0.3 is 6.18 Å². The van der Waals surface area contributed by atoms with E-state index in [1.54, 1.807) is 6.92 Å². The molecule has 0 radical (unpaired) electrons. The Morgan fingerprint density at radius 2 is 1.96 bits per heavy atom. The second-order valence-electron chi connectivity index (χ2n) is 5.71. The van der Waals surface area contributed by atoms with Gasteiger partial charge in [0.15, 0.2) is 11.5 Å². The smallest absolute Gasteiger partial charge is 0.434 e. The number of phenols is 1. The number of ether oxygens (including phenoxy) is 1. The van der Waals surface area contributed by atoms with Crippen LogP contribution < -0.4 is 10.1 Å². The number of aryl methyl sites for hydroxylation is 1. The number of methoxy groups -OCH3 is 1. The van der Waals surface area contributed by atoms with E-state index in [2.05, 4.69) is 20.6 Å². The number of rotatable bonds is 4. The van der Waals surface area contributed by atoms with E-state index in [9.17, 15) is 23.1 Å². The highest BCUT2D eigenvalue weighted by Gasteiger charge is 2.41. The summed E-state index contributed by atoms with van der Waals surface area (Å²) >= 11 is 0. The largest absolute Gasteiger partial charge is 0.508 e. The fraction of sp³-hybridized carbons (Fsp3) is 0.176. The zero-order valence-corrected chi connectivity index (χ0v) is 14.7. The van der Waals surface area contributed by atoms with E-state index in [0.717, 1.165) is 6.20 Å². The number of halogens is 3. The summed E-state index contributed by atoms with van der Waals surface area (Å²) in [6.07, 6.45) is -4.08. The first-order valence-electron chi connectivity index (χ1n) is 7.85. The quantitative estimate of drug-likeness (QED) is 0.661. The van der Waals surface area contributed by atoms with Gasteiger partial charge in [-0.2, -0.15) is 18.3 Å².